The molecule has 4 heterocycles. The van der Waals surface area contributed by atoms with Crippen molar-refractivity contribution in [3.05, 3.63) is 41.9 Å². The lowest BCUT2D eigenvalue weighted by molar-refractivity contribution is -0.116. The number of fused-ring (bicyclic) bond motifs is 2. The summed E-state index contributed by atoms with van der Waals surface area (Å²) in [7, 11) is 0. The highest BCUT2D eigenvalue weighted by atomic mass is 16.2. The normalized spacial score (nSPS) is 16.0. The average Bonchev–Trinajstić information content (AvgIpc) is 2.61. The van der Waals surface area contributed by atoms with Crippen LogP contribution in [0.15, 0.2) is 30.6 Å². The van der Waals surface area contributed by atoms with Gasteiger partial charge in [0.15, 0.2) is 0 Å². The molecule has 0 aliphatic carbocycles. The molecule has 2 N–H and O–H groups in total. The second-order valence-corrected chi connectivity index (χ2v) is 5.93. The highest BCUT2D eigenvalue weighted by molar-refractivity contribution is 6.02. The molecule has 2 aromatic rings. The highest BCUT2D eigenvalue weighted by Crippen LogP contribution is 2.27. The van der Waals surface area contributed by atoms with Gasteiger partial charge in [-0.25, -0.2) is 9.78 Å². The predicted octanol–water partition coefficient (Wildman–Crippen LogP) is 2.35. The molecule has 0 radical (unpaired) electrons. The van der Waals surface area contributed by atoms with Crippen molar-refractivity contribution in [3.8, 4) is 0 Å². The number of hydrogen-bond acceptors (Lipinski definition) is 4. The molecule has 0 spiro atoms. The maximum Gasteiger partial charge on any atom is 0.326 e. The predicted molar refractivity (Wildman–Crippen MR) is 90.1 cm³/mol. The number of amides is 3. The Bertz CT molecular complexity index is 820. The zero-order valence-electron chi connectivity index (χ0n) is 13.1. The molecule has 122 valence electrons. The lowest BCUT2D eigenvalue weighted by Gasteiger charge is -2.28. The van der Waals surface area contributed by atoms with E-state index in [0.29, 0.717) is 30.9 Å². The summed E-state index contributed by atoms with van der Waals surface area (Å²) in [5, 5.41) is 5.63. The number of aromatic nitrogens is 2. The molecule has 3 amide bonds. The average molecular weight is 323 g/mol. The third kappa shape index (κ3) is 2.68. The molecule has 0 bridgehead atoms. The van der Waals surface area contributed by atoms with E-state index in [9.17, 15) is 9.59 Å². The lowest BCUT2D eigenvalue weighted by Crippen LogP contribution is -2.39. The van der Waals surface area contributed by atoms with Gasteiger partial charge in [-0.15, -0.1) is 0 Å². The van der Waals surface area contributed by atoms with Crippen LogP contribution in [0.1, 0.15) is 24.1 Å². The van der Waals surface area contributed by atoms with Gasteiger partial charge >= 0.3 is 6.03 Å². The maximum absolute atomic E-state index is 12.6. The third-order valence-corrected chi connectivity index (χ3v) is 4.29. The first-order chi connectivity index (χ1) is 11.7. The number of anilines is 3. The number of hydrogen-bond donors (Lipinski definition) is 2. The van der Waals surface area contributed by atoms with Crippen LogP contribution < -0.4 is 15.5 Å². The Labute approximate surface area is 139 Å². The van der Waals surface area contributed by atoms with Gasteiger partial charge in [0, 0.05) is 19.2 Å². The Balaban J connectivity index is 1.54. The third-order valence-electron chi connectivity index (χ3n) is 4.29. The number of urea groups is 1. The standard InChI is InChI=1S/C17H17N5O2/c23-15-6-5-11-9-12(10-19-16(11)21-15)20-17(24)22-8-2-3-13-14(22)4-1-7-18-13/h1,4,7,9-10H,2-3,5-6,8H2,(H,20,24)(H,19,21,23). The number of carbonyl (C=O) groups excluding carboxylic acids is 2. The van der Waals surface area contributed by atoms with Crippen molar-refractivity contribution in [3.63, 3.8) is 0 Å². The van der Waals surface area contributed by atoms with E-state index in [1.54, 1.807) is 17.3 Å². The van der Waals surface area contributed by atoms with Crippen molar-refractivity contribution in [2.45, 2.75) is 25.7 Å². The molecule has 0 saturated heterocycles. The van der Waals surface area contributed by atoms with Crippen molar-refractivity contribution in [1.29, 1.82) is 0 Å². The van der Waals surface area contributed by atoms with Gasteiger partial charge in [-0.05, 0) is 43.0 Å². The monoisotopic (exact) mass is 323 g/mol. The highest BCUT2D eigenvalue weighted by Gasteiger charge is 2.24. The fraction of sp³-hybridized carbons (Fsp3) is 0.294. The Morgan fingerprint density at radius 1 is 1.25 bits per heavy atom. The maximum atomic E-state index is 12.6. The molecule has 0 atom stereocenters. The Morgan fingerprint density at radius 2 is 2.17 bits per heavy atom. The topological polar surface area (TPSA) is 87.2 Å². The van der Waals surface area contributed by atoms with Gasteiger partial charge in [-0.1, -0.05) is 0 Å². The number of nitrogens with one attached hydrogen (secondary N) is 2. The number of rotatable bonds is 1. The van der Waals surface area contributed by atoms with E-state index in [0.717, 1.165) is 29.8 Å². The van der Waals surface area contributed by atoms with E-state index in [1.165, 1.54) is 0 Å². The molecule has 0 unspecified atom stereocenters. The van der Waals surface area contributed by atoms with Crippen molar-refractivity contribution >= 4 is 29.1 Å². The Hall–Kier alpha value is -2.96. The Morgan fingerprint density at radius 3 is 3.08 bits per heavy atom. The zero-order chi connectivity index (χ0) is 16.5. The Kier molecular flexibility index (Phi) is 3.60. The fourth-order valence-corrected chi connectivity index (χ4v) is 3.12. The van der Waals surface area contributed by atoms with Crippen LogP contribution in [-0.2, 0) is 17.6 Å². The molecule has 7 nitrogen and oxygen atoms in total. The van der Waals surface area contributed by atoms with Crippen molar-refractivity contribution < 1.29 is 9.59 Å². The van der Waals surface area contributed by atoms with E-state index in [4.69, 9.17) is 0 Å². The molecule has 7 heteroatoms. The summed E-state index contributed by atoms with van der Waals surface area (Å²) >= 11 is 0. The number of nitrogens with zero attached hydrogens (tertiary/aromatic N) is 3. The van der Waals surface area contributed by atoms with Crippen LogP contribution in [0, 0.1) is 0 Å². The van der Waals surface area contributed by atoms with Crippen LogP contribution in [-0.4, -0.2) is 28.5 Å². The molecular weight excluding hydrogens is 306 g/mol. The van der Waals surface area contributed by atoms with Crippen LogP contribution in [0.3, 0.4) is 0 Å². The van der Waals surface area contributed by atoms with Crippen LogP contribution in [0.4, 0.5) is 22.0 Å². The van der Waals surface area contributed by atoms with Gasteiger partial charge in [-0.3, -0.25) is 14.7 Å². The largest absolute Gasteiger partial charge is 0.326 e. The molecule has 2 aliphatic heterocycles. The summed E-state index contributed by atoms with van der Waals surface area (Å²) in [6.07, 6.45) is 6.18. The molecule has 0 fully saturated rings. The molecule has 0 saturated carbocycles. The van der Waals surface area contributed by atoms with Crippen LogP contribution in [0.5, 0.6) is 0 Å². The number of carbonyl (C=O) groups is 2. The minimum atomic E-state index is -0.189. The van der Waals surface area contributed by atoms with E-state index in [-0.39, 0.29) is 11.9 Å². The SMILES string of the molecule is O=C1CCc2cc(NC(=O)N3CCCc4ncccc43)cnc2N1. The second kappa shape index (κ2) is 5.92. The lowest BCUT2D eigenvalue weighted by atomic mass is 10.1. The van der Waals surface area contributed by atoms with E-state index in [1.807, 2.05) is 18.2 Å². The molecule has 0 aromatic carbocycles. The van der Waals surface area contributed by atoms with Crippen LogP contribution in [0.25, 0.3) is 0 Å². The van der Waals surface area contributed by atoms with Crippen molar-refractivity contribution in [1.82, 2.24) is 9.97 Å². The molecule has 2 aliphatic rings. The smallest absolute Gasteiger partial charge is 0.310 e. The van der Waals surface area contributed by atoms with Crippen molar-refractivity contribution in [2.75, 3.05) is 22.1 Å². The van der Waals surface area contributed by atoms with Gasteiger partial charge in [0.2, 0.25) is 5.91 Å². The molecular formula is C17H17N5O2. The molecule has 2 aromatic heterocycles. The van der Waals surface area contributed by atoms with Gasteiger partial charge < -0.3 is 10.6 Å². The van der Waals surface area contributed by atoms with E-state index in [2.05, 4.69) is 20.6 Å². The summed E-state index contributed by atoms with van der Waals surface area (Å²) < 4.78 is 0. The quantitative estimate of drug-likeness (QED) is 0.843. The first-order valence-electron chi connectivity index (χ1n) is 8.02. The summed E-state index contributed by atoms with van der Waals surface area (Å²) in [6, 6.07) is 5.44. The summed E-state index contributed by atoms with van der Waals surface area (Å²) in [5.41, 5.74) is 3.38. The van der Waals surface area contributed by atoms with Gasteiger partial charge in [0.1, 0.15) is 5.82 Å². The number of aryl methyl sites for hydroxylation is 2. The summed E-state index contributed by atoms with van der Waals surface area (Å²) in [4.78, 5) is 34.3. The van der Waals surface area contributed by atoms with Gasteiger partial charge in [0.25, 0.3) is 0 Å². The van der Waals surface area contributed by atoms with Crippen LogP contribution >= 0.6 is 0 Å². The minimum absolute atomic E-state index is 0.0239. The second-order valence-electron chi connectivity index (χ2n) is 5.93. The summed E-state index contributed by atoms with van der Waals surface area (Å²) in [5.74, 6) is 0.556. The van der Waals surface area contributed by atoms with Gasteiger partial charge in [-0.2, -0.15) is 0 Å². The van der Waals surface area contributed by atoms with Crippen LogP contribution in [0.2, 0.25) is 0 Å². The first kappa shape index (κ1) is 14.6. The zero-order valence-corrected chi connectivity index (χ0v) is 13.1. The first-order valence-corrected chi connectivity index (χ1v) is 8.02. The molecule has 24 heavy (non-hydrogen) atoms. The summed E-state index contributed by atoms with van der Waals surface area (Å²) in [6.45, 7) is 0.666. The number of pyridine rings is 2. The minimum Gasteiger partial charge on any atom is -0.310 e. The van der Waals surface area contributed by atoms with E-state index >= 15 is 0 Å². The van der Waals surface area contributed by atoms with Gasteiger partial charge in [0.05, 0.1) is 23.3 Å². The van der Waals surface area contributed by atoms with Crippen molar-refractivity contribution in [2.24, 2.45) is 0 Å². The van der Waals surface area contributed by atoms with E-state index < -0.39 is 0 Å². The fourth-order valence-electron chi connectivity index (χ4n) is 3.12. The molecule has 4 rings (SSSR count).